The van der Waals surface area contributed by atoms with Crippen molar-refractivity contribution in [3.05, 3.63) is 54.1 Å². The summed E-state index contributed by atoms with van der Waals surface area (Å²) in [6, 6.07) is 15.6. The zero-order valence-corrected chi connectivity index (χ0v) is 18.8. The van der Waals surface area contributed by atoms with Crippen molar-refractivity contribution in [3.63, 3.8) is 0 Å². The molecule has 1 fully saturated rings. The Hall–Kier alpha value is -3.22. The van der Waals surface area contributed by atoms with E-state index in [4.69, 9.17) is 0 Å². The normalized spacial score (nSPS) is 14.6. The summed E-state index contributed by atoms with van der Waals surface area (Å²) in [5.74, 6) is 0.0719. The number of fused-ring (bicyclic) bond motifs is 1. The fourth-order valence-electron chi connectivity index (χ4n) is 4.27. The molecule has 1 saturated carbocycles. The van der Waals surface area contributed by atoms with Gasteiger partial charge in [-0.1, -0.05) is 62.6 Å². The lowest BCUT2D eigenvalue weighted by molar-refractivity contribution is -0.124. The Kier molecular flexibility index (Phi) is 6.83. The number of hydrogen-bond acceptors (Lipinski definition) is 4. The SMILES string of the molecule is CC(C)c1ccc(N(CC(=O)NC2CCCCC2)C(=O)Cn2nnc3ccccc32)cc1. The third kappa shape index (κ3) is 5.15. The van der Waals surface area contributed by atoms with Crippen LogP contribution in [0.5, 0.6) is 0 Å². The highest BCUT2D eigenvalue weighted by molar-refractivity contribution is 5.99. The Morgan fingerprint density at radius 2 is 1.78 bits per heavy atom. The number of nitrogens with zero attached hydrogens (tertiary/aromatic N) is 4. The molecular weight excluding hydrogens is 402 g/mol. The quantitative estimate of drug-likeness (QED) is 0.610. The van der Waals surface area contributed by atoms with Gasteiger partial charge in [0.2, 0.25) is 11.8 Å². The summed E-state index contributed by atoms with van der Waals surface area (Å²) in [6.07, 6.45) is 5.53. The lowest BCUT2D eigenvalue weighted by atomic mass is 9.95. The van der Waals surface area contributed by atoms with E-state index in [0.717, 1.165) is 36.7 Å². The molecule has 0 spiro atoms. The number of anilines is 1. The Balaban J connectivity index is 1.54. The van der Waals surface area contributed by atoms with E-state index < -0.39 is 0 Å². The maximum atomic E-state index is 13.4. The van der Waals surface area contributed by atoms with Gasteiger partial charge in [-0.25, -0.2) is 4.68 Å². The second kappa shape index (κ2) is 9.94. The molecule has 1 aliphatic rings. The molecule has 0 aliphatic heterocycles. The second-order valence-electron chi connectivity index (χ2n) is 8.86. The summed E-state index contributed by atoms with van der Waals surface area (Å²) in [6.45, 7) is 4.27. The predicted molar refractivity (Wildman–Crippen MR) is 125 cm³/mol. The fourth-order valence-corrected chi connectivity index (χ4v) is 4.27. The first-order valence-electron chi connectivity index (χ1n) is 11.5. The minimum atomic E-state index is -0.197. The fraction of sp³-hybridized carbons (Fsp3) is 0.440. The molecule has 1 heterocycles. The predicted octanol–water partition coefficient (Wildman–Crippen LogP) is 4.04. The number of para-hydroxylation sites is 1. The van der Waals surface area contributed by atoms with E-state index in [1.165, 1.54) is 12.0 Å². The minimum Gasteiger partial charge on any atom is -0.352 e. The Morgan fingerprint density at radius 1 is 1.06 bits per heavy atom. The standard InChI is InChI=1S/C25H31N5O2/c1-18(2)19-12-14-21(15-13-19)29(16-24(31)26-20-8-4-3-5-9-20)25(32)17-30-23-11-7-6-10-22(23)27-28-30/h6-7,10-15,18,20H,3-5,8-9,16-17H2,1-2H3,(H,26,31). The van der Waals surface area contributed by atoms with E-state index in [0.29, 0.717) is 11.6 Å². The van der Waals surface area contributed by atoms with Crippen molar-refractivity contribution < 1.29 is 9.59 Å². The van der Waals surface area contributed by atoms with Gasteiger partial charge in [-0.3, -0.25) is 9.59 Å². The smallest absolute Gasteiger partial charge is 0.249 e. The molecule has 0 bridgehead atoms. The van der Waals surface area contributed by atoms with E-state index in [9.17, 15) is 9.59 Å². The summed E-state index contributed by atoms with van der Waals surface area (Å²) < 4.78 is 1.59. The van der Waals surface area contributed by atoms with Crippen molar-refractivity contribution in [1.29, 1.82) is 0 Å². The average Bonchev–Trinajstić information content (AvgIpc) is 3.21. The van der Waals surface area contributed by atoms with Crippen LogP contribution in [-0.4, -0.2) is 39.4 Å². The van der Waals surface area contributed by atoms with E-state index >= 15 is 0 Å². The lowest BCUT2D eigenvalue weighted by Gasteiger charge is -2.26. The molecule has 32 heavy (non-hydrogen) atoms. The third-order valence-electron chi connectivity index (χ3n) is 6.15. The number of carbonyl (C=O) groups excluding carboxylic acids is 2. The Bertz CT molecular complexity index is 1070. The zero-order chi connectivity index (χ0) is 22.5. The molecule has 0 saturated heterocycles. The largest absolute Gasteiger partial charge is 0.352 e. The number of carbonyl (C=O) groups is 2. The number of hydrogen-bond donors (Lipinski definition) is 1. The van der Waals surface area contributed by atoms with E-state index in [2.05, 4.69) is 29.5 Å². The molecular formula is C25H31N5O2. The summed E-state index contributed by atoms with van der Waals surface area (Å²) in [4.78, 5) is 27.8. The van der Waals surface area contributed by atoms with Crippen molar-refractivity contribution in [2.24, 2.45) is 0 Å². The van der Waals surface area contributed by atoms with Crippen LogP contribution in [0.25, 0.3) is 11.0 Å². The van der Waals surface area contributed by atoms with Gasteiger partial charge in [0.15, 0.2) is 0 Å². The van der Waals surface area contributed by atoms with Gasteiger partial charge in [0, 0.05) is 11.7 Å². The van der Waals surface area contributed by atoms with Crippen LogP contribution in [0.15, 0.2) is 48.5 Å². The zero-order valence-electron chi connectivity index (χ0n) is 18.8. The van der Waals surface area contributed by atoms with Gasteiger partial charge in [0.25, 0.3) is 0 Å². The van der Waals surface area contributed by atoms with Crippen LogP contribution in [-0.2, 0) is 16.1 Å². The monoisotopic (exact) mass is 433 g/mol. The van der Waals surface area contributed by atoms with Crippen molar-refractivity contribution in [2.45, 2.75) is 64.5 Å². The maximum absolute atomic E-state index is 13.4. The summed E-state index contributed by atoms with van der Waals surface area (Å²) in [7, 11) is 0. The maximum Gasteiger partial charge on any atom is 0.249 e. The Morgan fingerprint density at radius 3 is 2.50 bits per heavy atom. The Labute approximate surface area is 188 Å². The highest BCUT2D eigenvalue weighted by Gasteiger charge is 2.23. The van der Waals surface area contributed by atoms with Crippen LogP contribution in [0.1, 0.15) is 57.4 Å². The number of aromatic nitrogens is 3. The van der Waals surface area contributed by atoms with Gasteiger partial charge in [0.05, 0.1) is 5.52 Å². The number of benzene rings is 2. The van der Waals surface area contributed by atoms with Crippen LogP contribution in [0.3, 0.4) is 0 Å². The molecule has 2 aromatic carbocycles. The first-order valence-corrected chi connectivity index (χ1v) is 11.5. The van der Waals surface area contributed by atoms with Gasteiger partial charge in [-0.15, -0.1) is 5.10 Å². The number of rotatable bonds is 7. The van der Waals surface area contributed by atoms with Gasteiger partial charge < -0.3 is 10.2 Å². The first-order chi connectivity index (χ1) is 15.5. The van der Waals surface area contributed by atoms with Crippen molar-refractivity contribution >= 4 is 28.5 Å². The molecule has 2 amide bonds. The summed E-state index contributed by atoms with van der Waals surface area (Å²) in [5.41, 5.74) is 3.43. The molecule has 7 heteroatoms. The van der Waals surface area contributed by atoms with Crippen LogP contribution < -0.4 is 10.2 Å². The lowest BCUT2D eigenvalue weighted by Crippen LogP contribution is -2.45. The van der Waals surface area contributed by atoms with E-state index in [1.807, 2.05) is 48.5 Å². The molecule has 0 radical (unpaired) electrons. The van der Waals surface area contributed by atoms with Gasteiger partial charge in [-0.2, -0.15) is 0 Å². The molecule has 3 aromatic rings. The molecule has 0 unspecified atom stereocenters. The number of amides is 2. The van der Waals surface area contributed by atoms with Crippen LogP contribution in [0.2, 0.25) is 0 Å². The van der Waals surface area contributed by atoms with Gasteiger partial charge in [-0.05, 0) is 48.6 Å². The van der Waals surface area contributed by atoms with Gasteiger partial charge >= 0.3 is 0 Å². The molecule has 7 nitrogen and oxygen atoms in total. The van der Waals surface area contributed by atoms with Crippen LogP contribution in [0, 0.1) is 0 Å². The molecule has 0 atom stereocenters. The first kappa shape index (κ1) is 22.0. The van der Waals surface area contributed by atoms with Gasteiger partial charge in [0.1, 0.15) is 18.6 Å². The van der Waals surface area contributed by atoms with Crippen molar-refractivity contribution in [3.8, 4) is 0 Å². The highest BCUT2D eigenvalue weighted by Crippen LogP contribution is 2.22. The molecule has 1 N–H and O–H groups in total. The second-order valence-corrected chi connectivity index (χ2v) is 8.86. The molecule has 1 aliphatic carbocycles. The van der Waals surface area contributed by atoms with Crippen LogP contribution in [0.4, 0.5) is 5.69 Å². The minimum absolute atomic E-state index is 0.0109. The van der Waals surface area contributed by atoms with E-state index in [1.54, 1.807) is 9.58 Å². The van der Waals surface area contributed by atoms with Crippen molar-refractivity contribution in [1.82, 2.24) is 20.3 Å². The third-order valence-corrected chi connectivity index (χ3v) is 6.15. The summed E-state index contributed by atoms with van der Waals surface area (Å²) in [5, 5.41) is 11.4. The van der Waals surface area contributed by atoms with E-state index in [-0.39, 0.29) is 30.9 Å². The highest BCUT2D eigenvalue weighted by atomic mass is 16.2. The van der Waals surface area contributed by atoms with Crippen LogP contribution >= 0.6 is 0 Å². The summed E-state index contributed by atoms with van der Waals surface area (Å²) >= 11 is 0. The average molecular weight is 434 g/mol. The van der Waals surface area contributed by atoms with Crippen molar-refractivity contribution in [2.75, 3.05) is 11.4 Å². The molecule has 4 rings (SSSR count). The molecule has 1 aromatic heterocycles. The topological polar surface area (TPSA) is 80.1 Å². The number of nitrogens with one attached hydrogen (secondary N) is 1. The molecule has 168 valence electrons.